The van der Waals surface area contributed by atoms with Crippen molar-refractivity contribution in [3.05, 3.63) is 48.5 Å². The third-order valence-corrected chi connectivity index (χ3v) is 6.15. The Balaban J connectivity index is 2.01. The highest BCUT2D eigenvalue weighted by molar-refractivity contribution is 7.99. The van der Waals surface area contributed by atoms with Crippen molar-refractivity contribution in [3.8, 4) is 28.3 Å². The number of methoxy groups -OCH3 is 1. The lowest BCUT2D eigenvalue weighted by atomic mass is 10.0. The predicted molar refractivity (Wildman–Crippen MR) is 118 cm³/mol. The molecule has 2 aromatic carbocycles. The molecule has 0 aliphatic carbocycles. The Hall–Kier alpha value is -2.98. The predicted octanol–water partition coefficient (Wildman–Crippen LogP) is 3.27. The molecule has 0 atom stereocenters. The standard InChI is InChI=1S/C21H21N3O5S2/c1-4-29-18(25)13-30-21-22-19(14-5-9-16(28-2)10-6-14)20(23-24-21)15-7-11-17(12-8-15)31(3,26)27/h5-12H,4,13H2,1-3H3. The number of hydrogen-bond donors (Lipinski definition) is 0. The van der Waals surface area contributed by atoms with Gasteiger partial charge in [-0.25, -0.2) is 13.4 Å². The summed E-state index contributed by atoms with van der Waals surface area (Å²) >= 11 is 1.13. The molecule has 3 aromatic rings. The molecule has 0 radical (unpaired) electrons. The fourth-order valence-electron chi connectivity index (χ4n) is 2.70. The summed E-state index contributed by atoms with van der Waals surface area (Å²) in [6.45, 7) is 2.05. The number of carbonyl (C=O) groups excluding carboxylic acids is 1. The number of esters is 1. The zero-order chi connectivity index (χ0) is 22.4. The number of hydrogen-bond acceptors (Lipinski definition) is 9. The van der Waals surface area contributed by atoms with Crippen LogP contribution in [0.2, 0.25) is 0 Å². The lowest BCUT2D eigenvalue weighted by Gasteiger charge is -2.10. The van der Waals surface area contributed by atoms with Crippen LogP contribution in [0, 0.1) is 0 Å². The van der Waals surface area contributed by atoms with Crippen molar-refractivity contribution >= 4 is 27.6 Å². The Morgan fingerprint density at radius 3 is 2.16 bits per heavy atom. The smallest absolute Gasteiger partial charge is 0.316 e. The monoisotopic (exact) mass is 459 g/mol. The van der Waals surface area contributed by atoms with Gasteiger partial charge in [0.25, 0.3) is 0 Å². The molecule has 0 unspecified atom stereocenters. The topological polar surface area (TPSA) is 108 Å². The van der Waals surface area contributed by atoms with Crippen LogP contribution in [0.4, 0.5) is 0 Å². The first-order valence-corrected chi connectivity index (χ1v) is 12.2. The van der Waals surface area contributed by atoms with E-state index in [1.165, 1.54) is 12.1 Å². The number of benzene rings is 2. The minimum absolute atomic E-state index is 0.0694. The zero-order valence-corrected chi connectivity index (χ0v) is 18.9. The van der Waals surface area contributed by atoms with Gasteiger partial charge in [0.05, 0.1) is 24.4 Å². The van der Waals surface area contributed by atoms with Gasteiger partial charge in [0.2, 0.25) is 5.16 Å². The Labute approximate surface area is 184 Å². The van der Waals surface area contributed by atoms with Crippen LogP contribution in [0.15, 0.2) is 58.6 Å². The molecular weight excluding hydrogens is 438 g/mol. The fourth-order valence-corrected chi connectivity index (χ4v) is 3.92. The van der Waals surface area contributed by atoms with Crippen LogP contribution in [0.25, 0.3) is 22.5 Å². The van der Waals surface area contributed by atoms with Gasteiger partial charge in [-0.1, -0.05) is 23.9 Å². The summed E-state index contributed by atoms with van der Waals surface area (Å²) in [6.07, 6.45) is 1.15. The number of carbonyl (C=O) groups is 1. The molecule has 8 nitrogen and oxygen atoms in total. The van der Waals surface area contributed by atoms with E-state index < -0.39 is 9.84 Å². The SMILES string of the molecule is CCOC(=O)CSc1nnc(-c2ccc(S(C)(=O)=O)cc2)c(-c2ccc(OC)cc2)n1. The molecule has 0 spiro atoms. The van der Waals surface area contributed by atoms with Crippen molar-refractivity contribution in [1.29, 1.82) is 0 Å². The van der Waals surface area contributed by atoms with Gasteiger partial charge in [-0.05, 0) is 43.3 Å². The highest BCUT2D eigenvalue weighted by atomic mass is 32.2. The highest BCUT2D eigenvalue weighted by Gasteiger charge is 2.16. The fraction of sp³-hybridized carbons (Fsp3) is 0.238. The summed E-state index contributed by atoms with van der Waals surface area (Å²) in [7, 11) is -1.73. The normalized spacial score (nSPS) is 11.2. The first kappa shape index (κ1) is 22.7. The van der Waals surface area contributed by atoms with Gasteiger partial charge >= 0.3 is 5.97 Å². The average Bonchev–Trinajstić information content (AvgIpc) is 2.77. The first-order chi connectivity index (χ1) is 14.8. The van der Waals surface area contributed by atoms with Crippen LogP contribution in [-0.2, 0) is 19.4 Å². The van der Waals surface area contributed by atoms with Crippen molar-refractivity contribution < 1.29 is 22.7 Å². The van der Waals surface area contributed by atoms with Gasteiger partial charge in [-0.3, -0.25) is 4.79 Å². The Morgan fingerprint density at radius 2 is 1.58 bits per heavy atom. The second-order valence-electron chi connectivity index (χ2n) is 6.41. The molecule has 0 aliphatic heterocycles. The van der Waals surface area contributed by atoms with Crippen LogP contribution in [0.3, 0.4) is 0 Å². The third kappa shape index (κ3) is 5.80. The van der Waals surface area contributed by atoms with Crippen molar-refractivity contribution in [1.82, 2.24) is 15.2 Å². The number of aromatic nitrogens is 3. The maximum Gasteiger partial charge on any atom is 0.316 e. The van der Waals surface area contributed by atoms with Crippen molar-refractivity contribution in [2.24, 2.45) is 0 Å². The van der Waals surface area contributed by atoms with Gasteiger partial charge in [0.15, 0.2) is 9.84 Å². The quantitative estimate of drug-likeness (QED) is 0.370. The minimum Gasteiger partial charge on any atom is -0.497 e. The van der Waals surface area contributed by atoms with E-state index in [4.69, 9.17) is 9.47 Å². The minimum atomic E-state index is -3.31. The van der Waals surface area contributed by atoms with Crippen LogP contribution in [-0.4, -0.2) is 55.3 Å². The largest absolute Gasteiger partial charge is 0.497 e. The van der Waals surface area contributed by atoms with Crippen LogP contribution >= 0.6 is 11.8 Å². The molecule has 162 valence electrons. The molecule has 3 rings (SSSR count). The Kier molecular flexibility index (Phi) is 7.24. The molecule has 0 aliphatic rings. The summed E-state index contributed by atoms with van der Waals surface area (Å²) in [5.74, 6) is 0.407. The van der Waals surface area contributed by atoms with E-state index in [1.54, 1.807) is 38.3 Å². The van der Waals surface area contributed by atoms with Gasteiger partial charge in [0.1, 0.15) is 17.1 Å². The number of rotatable bonds is 8. The third-order valence-electron chi connectivity index (χ3n) is 4.21. The van der Waals surface area contributed by atoms with E-state index in [-0.39, 0.29) is 16.6 Å². The van der Waals surface area contributed by atoms with Crippen LogP contribution < -0.4 is 4.74 Å². The molecule has 31 heavy (non-hydrogen) atoms. The molecule has 0 saturated carbocycles. The first-order valence-electron chi connectivity index (χ1n) is 9.30. The van der Waals surface area contributed by atoms with Crippen molar-refractivity contribution in [2.45, 2.75) is 17.0 Å². The molecule has 1 heterocycles. The summed E-state index contributed by atoms with van der Waals surface area (Å²) < 4.78 is 33.7. The molecule has 0 amide bonds. The molecule has 0 fully saturated rings. The van der Waals surface area contributed by atoms with Crippen molar-refractivity contribution in [2.75, 3.05) is 25.7 Å². The van der Waals surface area contributed by atoms with E-state index in [1.807, 2.05) is 12.1 Å². The lowest BCUT2D eigenvalue weighted by molar-refractivity contribution is -0.139. The number of nitrogens with zero attached hydrogens (tertiary/aromatic N) is 3. The van der Waals surface area contributed by atoms with Crippen LogP contribution in [0.1, 0.15) is 6.92 Å². The maximum absolute atomic E-state index is 11.8. The second kappa shape index (κ2) is 9.88. The van der Waals surface area contributed by atoms with E-state index >= 15 is 0 Å². The molecule has 10 heteroatoms. The maximum atomic E-state index is 11.8. The van der Waals surface area contributed by atoms with Gasteiger partial charge in [0, 0.05) is 17.4 Å². The van der Waals surface area contributed by atoms with Gasteiger partial charge in [-0.15, -0.1) is 10.2 Å². The van der Waals surface area contributed by atoms with E-state index in [9.17, 15) is 13.2 Å². The van der Waals surface area contributed by atoms with Crippen molar-refractivity contribution in [3.63, 3.8) is 0 Å². The highest BCUT2D eigenvalue weighted by Crippen LogP contribution is 2.31. The molecule has 0 N–H and O–H groups in total. The molecule has 0 bridgehead atoms. The van der Waals surface area contributed by atoms with E-state index in [0.29, 0.717) is 34.5 Å². The van der Waals surface area contributed by atoms with Crippen LogP contribution in [0.5, 0.6) is 5.75 Å². The summed E-state index contributed by atoms with van der Waals surface area (Å²) in [6, 6.07) is 13.7. The van der Waals surface area contributed by atoms with E-state index in [0.717, 1.165) is 23.6 Å². The molecule has 0 saturated heterocycles. The summed E-state index contributed by atoms with van der Waals surface area (Å²) in [4.78, 5) is 16.5. The summed E-state index contributed by atoms with van der Waals surface area (Å²) in [5.41, 5.74) is 2.48. The lowest BCUT2D eigenvalue weighted by Crippen LogP contribution is -2.08. The zero-order valence-electron chi connectivity index (χ0n) is 17.2. The Morgan fingerprint density at radius 1 is 0.968 bits per heavy atom. The number of thioether (sulfide) groups is 1. The average molecular weight is 460 g/mol. The molecule has 1 aromatic heterocycles. The number of sulfone groups is 1. The van der Waals surface area contributed by atoms with Gasteiger partial charge in [-0.2, -0.15) is 0 Å². The number of ether oxygens (including phenoxy) is 2. The summed E-state index contributed by atoms with van der Waals surface area (Å²) in [5, 5.41) is 8.78. The Bertz CT molecular complexity index is 1160. The van der Waals surface area contributed by atoms with Gasteiger partial charge < -0.3 is 9.47 Å². The molecular formula is C21H21N3O5S2. The van der Waals surface area contributed by atoms with E-state index in [2.05, 4.69) is 15.2 Å². The second-order valence-corrected chi connectivity index (χ2v) is 9.37.